The van der Waals surface area contributed by atoms with Crippen LogP contribution in [0.2, 0.25) is 0 Å². The van der Waals surface area contributed by atoms with Crippen LogP contribution >= 0.6 is 0 Å². The molecular weight excluding hydrogens is 438 g/mol. The summed E-state index contributed by atoms with van der Waals surface area (Å²) < 4.78 is 34.9. The maximum Gasteiger partial charge on any atom is 0.272 e. The monoisotopic (exact) mass is 465 g/mol. The molecule has 0 atom stereocenters. The number of hydrogen-bond acceptors (Lipinski definition) is 7. The van der Waals surface area contributed by atoms with E-state index in [2.05, 4.69) is 10.4 Å². The van der Waals surface area contributed by atoms with E-state index in [4.69, 9.17) is 4.74 Å². The Kier molecular flexibility index (Phi) is 6.84. The molecule has 2 heterocycles. The molecule has 1 aromatic heterocycles. The van der Waals surface area contributed by atoms with E-state index in [9.17, 15) is 23.3 Å². The number of amides is 1. The third kappa shape index (κ3) is 4.75. The number of ether oxygens (including phenoxy) is 1. The summed E-state index contributed by atoms with van der Waals surface area (Å²) in [6.45, 7) is 6.75. The van der Waals surface area contributed by atoms with Crippen molar-refractivity contribution in [3.05, 3.63) is 39.6 Å². The molecule has 11 nitrogen and oxygen atoms in total. The fourth-order valence-corrected chi connectivity index (χ4v) is 5.07. The average Bonchev–Trinajstić information content (AvgIpc) is 3.37. The SMILES string of the molecule is Cc1c(C(=O)NCC(C)C)nn(C)c1Oc1ccc([N+](=O)[O-])cc1S(=O)(=O)N1CCCC1. The summed E-state index contributed by atoms with van der Waals surface area (Å²) in [5.41, 5.74) is 0.233. The van der Waals surface area contributed by atoms with Gasteiger partial charge in [0.2, 0.25) is 15.9 Å². The van der Waals surface area contributed by atoms with Gasteiger partial charge in [0.05, 0.1) is 4.92 Å². The molecule has 0 unspecified atom stereocenters. The number of aromatic nitrogens is 2. The molecule has 0 spiro atoms. The molecule has 0 aliphatic carbocycles. The number of hydrogen-bond donors (Lipinski definition) is 1. The number of nitrogens with one attached hydrogen (secondary N) is 1. The number of non-ortho nitro benzene ring substituents is 1. The van der Waals surface area contributed by atoms with Gasteiger partial charge in [-0.3, -0.25) is 14.9 Å². The molecule has 1 aliphatic rings. The fraction of sp³-hybridized carbons (Fsp3) is 0.500. The highest BCUT2D eigenvalue weighted by Gasteiger charge is 2.32. The normalized spacial score (nSPS) is 14.7. The van der Waals surface area contributed by atoms with Gasteiger partial charge in [-0.05, 0) is 31.7 Å². The molecule has 1 aliphatic heterocycles. The quantitative estimate of drug-likeness (QED) is 0.467. The predicted octanol–water partition coefficient (Wildman–Crippen LogP) is 2.60. The molecule has 1 aromatic carbocycles. The molecule has 1 N–H and O–H groups in total. The van der Waals surface area contributed by atoms with Gasteiger partial charge in [-0.2, -0.15) is 9.40 Å². The van der Waals surface area contributed by atoms with Gasteiger partial charge in [0.1, 0.15) is 10.6 Å². The second-order valence-corrected chi connectivity index (χ2v) is 10.0. The van der Waals surface area contributed by atoms with E-state index in [0.717, 1.165) is 18.9 Å². The summed E-state index contributed by atoms with van der Waals surface area (Å²) in [6, 6.07) is 3.44. The number of carbonyl (C=O) groups excluding carboxylic acids is 1. The lowest BCUT2D eigenvalue weighted by Gasteiger charge is -2.18. The molecule has 1 amide bonds. The molecule has 174 valence electrons. The standard InChI is InChI=1S/C20H27N5O6S/c1-13(2)12-21-19(26)18-14(3)20(23(4)22-18)31-16-8-7-15(25(27)28)11-17(16)32(29,30)24-9-5-6-10-24/h7-8,11,13H,5-6,9-10,12H2,1-4H3,(H,21,26). The van der Waals surface area contributed by atoms with Gasteiger partial charge in [-0.25, -0.2) is 13.1 Å². The van der Waals surface area contributed by atoms with E-state index in [1.807, 2.05) is 13.8 Å². The highest BCUT2D eigenvalue weighted by atomic mass is 32.2. The summed E-state index contributed by atoms with van der Waals surface area (Å²) >= 11 is 0. The van der Waals surface area contributed by atoms with Gasteiger partial charge in [-0.1, -0.05) is 13.8 Å². The molecule has 1 saturated heterocycles. The lowest BCUT2D eigenvalue weighted by atomic mass is 10.2. The number of benzene rings is 1. The number of aryl methyl sites for hydroxylation is 1. The van der Waals surface area contributed by atoms with Crippen LogP contribution in [-0.4, -0.2) is 53.0 Å². The Balaban J connectivity index is 2.01. The van der Waals surface area contributed by atoms with Crippen LogP contribution < -0.4 is 10.1 Å². The number of nitrogens with zero attached hydrogens (tertiary/aromatic N) is 4. The predicted molar refractivity (Wildman–Crippen MR) is 116 cm³/mol. The second kappa shape index (κ2) is 9.25. The summed E-state index contributed by atoms with van der Waals surface area (Å²) in [6.07, 6.45) is 1.44. The van der Waals surface area contributed by atoms with E-state index in [1.54, 1.807) is 14.0 Å². The first-order chi connectivity index (χ1) is 15.0. The van der Waals surface area contributed by atoms with Crippen LogP contribution in [0.1, 0.15) is 42.7 Å². The maximum atomic E-state index is 13.2. The summed E-state index contributed by atoms with van der Waals surface area (Å²) in [5, 5.41) is 18.3. The highest BCUT2D eigenvalue weighted by molar-refractivity contribution is 7.89. The Morgan fingerprint density at radius 3 is 2.56 bits per heavy atom. The summed E-state index contributed by atoms with van der Waals surface area (Å²) in [4.78, 5) is 22.8. The van der Waals surface area contributed by atoms with Gasteiger partial charge in [-0.15, -0.1) is 0 Å². The van der Waals surface area contributed by atoms with Crippen molar-refractivity contribution in [3.63, 3.8) is 0 Å². The first-order valence-electron chi connectivity index (χ1n) is 10.3. The molecule has 1 fully saturated rings. The zero-order valence-electron chi connectivity index (χ0n) is 18.5. The molecule has 2 aromatic rings. The van der Waals surface area contributed by atoms with E-state index >= 15 is 0 Å². The topological polar surface area (TPSA) is 137 Å². The Labute approximate surface area is 186 Å². The maximum absolute atomic E-state index is 13.2. The van der Waals surface area contributed by atoms with Crippen molar-refractivity contribution in [2.45, 2.75) is 38.5 Å². The molecule has 0 bridgehead atoms. The van der Waals surface area contributed by atoms with Crippen LogP contribution in [-0.2, 0) is 17.1 Å². The van der Waals surface area contributed by atoms with Crippen LogP contribution in [0.15, 0.2) is 23.1 Å². The minimum Gasteiger partial charge on any atom is -0.438 e. The van der Waals surface area contributed by atoms with Crippen molar-refractivity contribution in [1.29, 1.82) is 0 Å². The van der Waals surface area contributed by atoms with Gasteiger partial charge in [0, 0.05) is 44.4 Å². The number of sulfonamides is 1. The Morgan fingerprint density at radius 2 is 1.97 bits per heavy atom. The van der Waals surface area contributed by atoms with Crippen LogP contribution in [0.25, 0.3) is 0 Å². The van der Waals surface area contributed by atoms with Crippen LogP contribution in [0, 0.1) is 23.0 Å². The van der Waals surface area contributed by atoms with Gasteiger partial charge in [0.25, 0.3) is 11.6 Å². The second-order valence-electron chi connectivity index (χ2n) is 8.11. The molecule has 32 heavy (non-hydrogen) atoms. The van der Waals surface area contributed by atoms with Crippen molar-refractivity contribution in [2.75, 3.05) is 19.6 Å². The number of nitro groups is 1. The van der Waals surface area contributed by atoms with Crippen molar-refractivity contribution in [3.8, 4) is 11.6 Å². The fourth-order valence-electron chi connectivity index (χ4n) is 3.42. The zero-order valence-corrected chi connectivity index (χ0v) is 19.3. The van der Waals surface area contributed by atoms with E-state index in [-0.39, 0.29) is 39.7 Å². The van der Waals surface area contributed by atoms with Crippen LogP contribution in [0.3, 0.4) is 0 Å². The largest absolute Gasteiger partial charge is 0.438 e. The van der Waals surface area contributed by atoms with E-state index in [0.29, 0.717) is 25.2 Å². The first-order valence-corrected chi connectivity index (χ1v) is 11.7. The Bertz CT molecular complexity index is 1140. The first kappa shape index (κ1) is 23.7. The third-order valence-electron chi connectivity index (χ3n) is 5.13. The Morgan fingerprint density at radius 1 is 1.31 bits per heavy atom. The average molecular weight is 466 g/mol. The Hall–Kier alpha value is -2.99. The molecule has 0 saturated carbocycles. The van der Waals surface area contributed by atoms with Gasteiger partial charge < -0.3 is 10.1 Å². The van der Waals surface area contributed by atoms with Gasteiger partial charge >= 0.3 is 0 Å². The number of nitro benzene ring substituents is 1. The lowest BCUT2D eigenvalue weighted by Crippen LogP contribution is -2.28. The van der Waals surface area contributed by atoms with E-state index in [1.165, 1.54) is 21.1 Å². The molecule has 12 heteroatoms. The summed E-state index contributed by atoms with van der Waals surface area (Å²) in [5.74, 6) is 0.00146. The molecule has 3 rings (SSSR count). The number of carbonyl (C=O) groups is 1. The molecule has 0 radical (unpaired) electrons. The van der Waals surface area contributed by atoms with Crippen molar-refractivity contribution < 1.29 is 22.9 Å². The smallest absolute Gasteiger partial charge is 0.272 e. The van der Waals surface area contributed by atoms with Crippen LogP contribution in [0.4, 0.5) is 5.69 Å². The van der Waals surface area contributed by atoms with Gasteiger partial charge in [0.15, 0.2) is 5.69 Å². The van der Waals surface area contributed by atoms with Crippen molar-refractivity contribution in [1.82, 2.24) is 19.4 Å². The van der Waals surface area contributed by atoms with E-state index < -0.39 is 14.9 Å². The minimum absolute atomic E-state index is 0.0669. The zero-order chi connectivity index (χ0) is 23.6. The van der Waals surface area contributed by atoms with Crippen LogP contribution in [0.5, 0.6) is 11.6 Å². The van der Waals surface area contributed by atoms with Crippen molar-refractivity contribution >= 4 is 21.6 Å². The third-order valence-corrected chi connectivity index (χ3v) is 7.05. The molecular formula is C20H27N5O6S. The lowest BCUT2D eigenvalue weighted by molar-refractivity contribution is -0.385. The summed E-state index contributed by atoms with van der Waals surface area (Å²) in [7, 11) is -2.43. The minimum atomic E-state index is -4.00. The highest BCUT2D eigenvalue weighted by Crippen LogP contribution is 2.36. The number of rotatable bonds is 8. The van der Waals surface area contributed by atoms with Crippen molar-refractivity contribution in [2.24, 2.45) is 13.0 Å².